The zero-order valence-electron chi connectivity index (χ0n) is 14.4. The third-order valence-electron chi connectivity index (χ3n) is 4.41. The van der Waals surface area contributed by atoms with E-state index in [1.165, 1.54) is 10.6 Å². The molecule has 2 atom stereocenters. The normalized spacial score (nSPS) is 17.9. The Bertz CT molecular complexity index is 897. The Morgan fingerprint density at radius 1 is 1.28 bits per heavy atom. The van der Waals surface area contributed by atoms with Crippen molar-refractivity contribution in [2.24, 2.45) is 0 Å². The standard InChI is InChI=1S/C18H21N3O3S/c1-12-10-16-11-15(4-5-17(16)21(12)25(3,23)24)18(22)20-13(2)14-6-8-19-9-7-14/h4-9,11-13H,10H2,1-3H3,(H,20,22)/t12-,13+/m0/s1. The molecule has 132 valence electrons. The third-order valence-corrected chi connectivity index (χ3v) is 5.68. The lowest BCUT2D eigenvalue weighted by atomic mass is 10.1. The summed E-state index contributed by atoms with van der Waals surface area (Å²) >= 11 is 0. The number of anilines is 1. The van der Waals surface area contributed by atoms with Gasteiger partial charge in [0.15, 0.2) is 0 Å². The summed E-state index contributed by atoms with van der Waals surface area (Å²) < 4.78 is 25.4. The van der Waals surface area contributed by atoms with Crippen LogP contribution >= 0.6 is 0 Å². The fourth-order valence-corrected chi connectivity index (χ4v) is 4.53. The zero-order valence-corrected chi connectivity index (χ0v) is 15.2. The van der Waals surface area contributed by atoms with Gasteiger partial charge < -0.3 is 5.32 Å². The summed E-state index contributed by atoms with van der Waals surface area (Å²) in [5, 5.41) is 2.96. The van der Waals surface area contributed by atoms with Crippen LogP contribution in [-0.2, 0) is 16.4 Å². The Balaban J connectivity index is 1.81. The summed E-state index contributed by atoms with van der Waals surface area (Å²) in [5.74, 6) is -0.183. The molecule has 1 aliphatic rings. The van der Waals surface area contributed by atoms with Crippen LogP contribution in [0, 0.1) is 0 Å². The summed E-state index contributed by atoms with van der Waals surface area (Å²) in [6.45, 7) is 3.78. The van der Waals surface area contributed by atoms with Gasteiger partial charge in [-0.05, 0) is 61.7 Å². The fraction of sp³-hybridized carbons (Fsp3) is 0.333. The molecule has 25 heavy (non-hydrogen) atoms. The van der Waals surface area contributed by atoms with Gasteiger partial charge in [0.1, 0.15) is 0 Å². The van der Waals surface area contributed by atoms with Crippen LogP contribution in [0.2, 0.25) is 0 Å². The monoisotopic (exact) mass is 359 g/mol. The van der Waals surface area contributed by atoms with Crippen molar-refractivity contribution in [1.29, 1.82) is 0 Å². The molecule has 1 aliphatic heterocycles. The predicted molar refractivity (Wildman–Crippen MR) is 97.0 cm³/mol. The molecular weight excluding hydrogens is 338 g/mol. The number of aromatic nitrogens is 1. The first-order chi connectivity index (χ1) is 11.8. The van der Waals surface area contributed by atoms with E-state index in [2.05, 4.69) is 10.3 Å². The lowest BCUT2D eigenvalue weighted by Crippen LogP contribution is -2.34. The van der Waals surface area contributed by atoms with Gasteiger partial charge in [-0.25, -0.2) is 8.42 Å². The second-order valence-electron chi connectivity index (χ2n) is 6.43. The molecule has 2 heterocycles. The Morgan fingerprint density at radius 2 is 1.96 bits per heavy atom. The number of hydrogen-bond donors (Lipinski definition) is 1. The first-order valence-corrected chi connectivity index (χ1v) is 9.95. The van der Waals surface area contributed by atoms with Crippen molar-refractivity contribution < 1.29 is 13.2 Å². The fourth-order valence-electron chi connectivity index (χ4n) is 3.26. The van der Waals surface area contributed by atoms with Gasteiger partial charge in [-0.1, -0.05) is 0 Å². The van der Waals surface area contributed by atoms with Gasteiger partial charge in [0.2, 0.25) is 10.0 Å². The number of nitrogens with zero attached hydrogens (tertiary/aromatic N) is 2. The van der Waals surface area contributed by atoms with Crippen LogP contribution in [0.1, 0.15) is 41.4 Å². The second-order valence-corrected chi connectivity index (χ2v) is 8.29. The maximum absolute atomic E-state index is 12.5. The van der Waals surface area contributed by atoms with E-state index in [0.29, 0.717) is 17.7 Å². The van der Waals surface area contributed by atoms with E-state index >= 15 is 0 Å². The minimum Gasteiger partial charge on any atom is -0.346 e. The quantitative estimate of drug-likeness (QED) is 0.908. The lowest BCUT2D eigenvalue weighted by molar-refractivity contribution is 0.0940. The number of carbonyl (C=O) groups is 1. The van der Waals surface area contributed by atoms with E-state index < -0.39 is 10.0 Å². The van der Waals surface area contributed by atoms with E-state index in [1.54, 1.807) is 30.6 Å². The molecule has 1 aromatic carbocycles. The molecule has 1 amide bonds. The van der Waals surface area contributed by atoms with Crippen molar-refractivity contribution in [2.45, 2.75) is 32.4 Å². The highest BCUT2D eigenvalue weighted by Gasteiger charge is 2.32. The predicted octanol–water partition coefficient (Wildman–Crippen LogP) is 2.28. The van der Waals surface area contributed by atoms with Crippen LogP contribution in [0.5, 0.6) is 0 Å². The number of rotatable bonds is 4. The molecular formula is C18H21N3O3S. The average molecular weight is 359 g/mol. The summed E-state index contributed by atoms with van der Waals surface area (Å²) in [6, 6.07) is 8.61. The molecule has 7 heteroatoms. The maximum Gasteiger partial charge on any atom is 0.251 e. The first-order valence-electron chi connectivity index (χ1n) is 8.10. The first kappa shape index (κ1) is 17.4. The Kier molecular flexibility index (Phi) is 4.51. The summed E-state index contributed by atoms with van der Waals surface area (Å²) in [4.78, 5) is 16.5. The van der Waals surface area contributed by atoms with Crippen molar-refractivity contribution in [3.63, 3.8) is 0 Å². The molecule has 1 aromatic heterocycles. The van der Waals surface area contributed by atoms with Gasteiger partial charge in [-0.3, -0.25) is 14.1 Å². The highest BCUT2D eigenvalue weighted by atomic mass is 32.2. The minimum absolute atomic E-state index is 0.140. The highest BCUT2D eigenvalue weighted by Crippen LogP contribution is 2.34. The summed E-state index contributed by atoms with van der Waals surface area (Å²) in [7, 11) is -3.33. The molecule has 2 aromatic rings. The van der Waals surface area contributed by atoms with Crippen LogP contribution < -0.4 is 9.62 Å². The van der Waals surface area contributed by atoms with Gasteiger partial charge in [-0.2, -0.15) is 0 Å². The van der Waals surface area contributed by atoms with Gasteiger partial charge in [0.25, 0.3) is 5.91 Å². The van der Waals surface area contributed by atoms with Crippen LogP contribution in [0.15, 0.2) is 42.7 Å². The van der Waals surface area contributed by atoms with Crippen molar-refractivity contribution in [2.75, 3.05) is 10.6 Å². The lowest BCUT2D eigenvalue weighted by Gasteiger charge is -2.22. The maximum atomic E-state index is 12.5. The molecule has 0 aliphatic carbocycles. The molecule has 0 fully saturated rings. The van der Waals surface area contributed by atoms with Gasteiger partial charge in [0.05, 0.1) is 18.0 Å². The average Bonchev–Trinajstić information content (AvgIpc) is 2.90. The largest absolute Gasteiger partial charge is 0.346 e. The van der Waals surface area contributed by atoms with Crippen LogP contribution in [0.25, 0.3) is 0 Å². The van der Waals surface area contributed by atoms with Crippen LogP contribution in [-0.4, -0.2) is 31.6 Å². The van der Waals surface area contributed by atoms with Crippen molar-refractivity contribution in [3.8, 4) is 0 Å². The third kappa shape index (κ3) is 3.51. The molecule has 0 radical (unpaired) electrons. The topological polar surface area (TPSA) is 79.4 Å². The number of benzene rings is 1. The molecule has 1 N–H and O–H groups in total. The number of pyridine rings is 1. The van der Waals surface area contributed by atoms with E-state index in [9.17, 15) is 13.2 Å². The number of carbonyl (C=O) groups excluding carboxylic acids is 1. The van der Waals surface area contributed by atoms with E-state index in [0.717, 1.165) is 11.1 Å². The zero-order chi connectivity index (χ0) is 18.2. The summed E-state index contributed by atoms with van der Waals surface area (Å²) in [5.41, 5.74) is 3.04. The molecule has 0 spiro atoms. The number of sulfonamides is 1. The molecule has 0 unspecified atom stereocenters. The molecule has 0 bridgehead atoms. The van der Waals surface area contributed by atoms with Gasteiger partial charge in [0, 0.05) is 24.0 Å². The molecule has 6 nitrogen and oxygen atoms in total. The molecule has 3 rings (SSSR count). The minimum atomic E-state index is -3.33. The number of amides is 1. The van der Waals surface area contributed by atoms with E-state index in [-0.39, 0.29) is 18.0 Å². The van der Waals surface area contributed by atoms with Crippen molar-refractivity contribution >= 4 is 21.6 Å². The van der Waals surface area contributed by atoms with E-state index in [4.69, 9.17) is 0 Å². The van der Waals surface area contributed by atoms with Gasteiger partial charge >= 0.3 is 0 Å². The molecule has 0 saturated carbocycles. The number of fused-ring (bicyclic) bond motifs is 1. The van der Waals surface area contributed by atoms with Crippen molar-refractivity contribution in [1.82, 2.24) is 10.3 Å². The SMILES string of the molecule is C[C@@H](NC(=O)c1ccc2c(c1)C[C@H](C)N2S(C)(=O)=O)c1ccncc1. The van der Waals surface area contributed by atoms with E-state index in [1.807, 2.05) is 26.0 Å². The Labute approximate surface area is 147 Å². The number of hydrogen-bond acceptors (Lipinski definition) is 4. The Morgan fingerprint density at radius 3 is 2.60 bits per heavy atom. The van der Waals surface area contributed by atoms with Gasteiger partial charge in [-0.15, -0.1) is 0 Å². The smallest absolute Gasteiger partial charge is 0.251 e. The molecule has 0 saturated heterocycles. The van der Waals surface area contributed by atoms with Crippen molar-refractivity contribution in [3.05, 3.63) is 59.4 Å². The Hall–Kier alpha value is -2.41. The number of nitrogens with one attached hydrogen (secondary N) is 1. The second kappa shape index (κ2) is 6.48. The summed E-state index contributed by atoms with van der Waals surface area (Å²) in [6.07, 6.45) is 5.18. The van der Waals surface area contributed by atoms with Crippen LogP contribution in [0.4, 0.5) is 5.69 Å². The van der Waals surface area contributed by atoms with Crippen LogP contribution in [0.3, 0.4) is 0 Å². The highest BCUT2D eigenvalue weighted by molar-refractivity contribution is 7.92.